The van der Waals surface area contributed by atoms with Crippen molar-refractivity contribution in [3.63, 3.8) is 0 Å². The van der Waals surface area contributed by atoms with E-state index >= 15 is 0 Å². The predicted molar refractivity (Wildman–Crippen MR) is 130 cm³/mol. The van der Waals surface area contributed by atoms with Crippen LogP contribution in [0.1, 0.15) is 47.1 Å². The molecule has 8 heteroatoms. The Bertz CT molecular complexity index is 1500. The summed E-state index contributed by atoms with van der Waals surface area (Å²) < 4.78 is 11.7. The summed E-state index contributed by atoms with van der Waals surface area (Å²) in [6.45, 7) is 0.728. The molecule has 2 N–H and O–H groups in total. The summed E-state index contributed by atoms with van der Waals surface area (Å²) in [6, 6.07) is 14.5. The van der Waals surface area contributed by atoms with Gasteiger partial charge in [-0.1, -0.05) is 29.8 Å². The first-order valence-corrected chi connectivity index (χ1v) is 11.6. The van der Waals surface area contributed by atoms with Crippen LogP contribution in [0, 0.1) is 0 Å². The SMILES string of the molecule is O=C(c1ccc(Oc2ccccc2)cc1Cl)c1c[nH]c2ncc3[nH]c(C4CCCCO4)nc3c12. The molecule has 2 aromatic carbocycles. The van der Waals surface area contributed by atoms with Crippen molar-refractivity contribution in [1.29, 1.82) is 0 Å². The number of hydrogen-bond donors (Lipinski definition) is 2. The molecular weight excluding hydrogens is 452 g/mol. The maximum atomic E-state index is 13.5. The highest BCUT2D eigenvalue weighted by molar-refractivity contribution is 6.36. The average molecular weight is 473 g/mol. The summed E-state index contributed by atoms with van der Waals surface area (Å²) in [7, 11) is 0. The number of benzene rings is 2. The van der Waals surface area contributed by atoms with E-state index in [1.807, 2.05) is 30.3 Å². The Hall–Kier alpha value is -3.68. The van der Waals surface area contributed by atoms with E-state index in [4.69, 9.17) is 26.1 Å². The van der Waals surface area contributed by atoms with Crippen molar-refractivity contribution in [3.8, 4) is 11.5 Å². The zero-order chi connectivity index (χ0) is 23.1. The van der Waals surface area contributed by atoms with E-state index in [0.717, 1.165) is 37.2 Å². The first-order valence-electron chi connectivity index (χ1n) is 11.2. The molecule has 0 spiro atoms. The molecule has 1 unspecified atom stereocenters. The van der Waals surface area contributed by atoms with Crippen molar-refractivity contribution in [2.75, 3.05) is 6.61 Å². The third kappa shape index (κ3) is 3.73. The molecule has 0 radical (unpaired) electrons. The minimum Gasteiger partial charge on any atom is -0.457 e. The Kier molecular flexibility index (Phi) is 5.28. The molecule has 6 rings (SSSR count). The number of fused-ring (bicyclic) bond motifs is 3. The Morgan fingerprint density at radius 2 is 1.97 bits per heavy atom. The van der Waals surface area contributed by atoms with Gasteiger partial charge in [0, 0.05) is 24.4 Å². The van der Waals surface area contributed by atoms with Crippen molar-refractivity contribution in [1.82, 2.24) is 19.9 Å². The van der Waals surface area contributed by atoms with E-state index in [1.54, 1.807) is 30.6 Å². The van der Waals surface area contributed by atoms with Crippen molar-refractivity contribution in [2.24, 2.45) is 0 Å². The number of halogens is 1. The van der Waals surface area contributed by atoms with Gasteiger partial charge < -0.3 is 19.4 Å². The lowest BCUT2D eigenvalue weighted by Crippen LogP contribution is -2.12. The van der Waals surface area contributed by atoms with Crippen LogP contribution in [0.5, 0.6) is 11.5 Å². The van der Waals surface area contributed by atoms with Crippen molar-refractivity contribution in [2.45, 2.75) is 25.4 Å². The summed E-state index contributed by atoms with van der Waals surface area (Å²) in [5.41, 5.74) is 2.90. The Labute approximate surface area is 200 Å². The molecule has 7 nitrogen and oxygen atoms in total. The number of nitrogens with one attached hydrogen (secondary N) is 2. The fraction of sp³-hybridized carbons (Fsp3) is 0.192. The van der Waals surface area contributed by atoms with E-state index in [2.05, 4.69) is 15.0 Å². The van der Waals surface area contributed by atoms with Gasteiger partial charge in [0.25, 0.3) is 0 Å². The lowest BCUT2D eigenvalue weighted by molar-refractivity contribution is 0.0101. The zero-order valence-electron chi connectivity index (χ0n) is 18.2. The lowest BCUT2D eigenvalue weighted by atomic mass is 10.0. The van der Waals surface area contributed by atoms with E-state index in [9.17, 15) is 4.79 Å². The molecule has 4 heterocycles. The van der Waals surface area contributed by atoms with Crippen molar-refractivity contribution < 1.29 is 14.3 Å². The summed E-state index contributed by atoms with van der Waals surface area (Å²) in [5.74, 6) is 1.80. The maximum absolute atomic E-state index is 13.5. The molecule has 0 saturated carbocycles. The third-order valence-corrected chi connectivity index (χ3v) is 6.38. The Morgan fingerprint density at radius 3 is 2.76 bits per heavy atom. The van der Waals surface area contributed by atoms with E-state index in [1.165, 1.54) is 0 Å². The smallest absolute Gasteiger partial charge is 0.196 e. The van der Waals surface area contributed by atoms with Crippen LogP contribution in [0.25, 0.3) is 22.1 Å². The Morgan fingerprint density at radius 1 is 1.09 bits per heavy atom. The van der Waals surface area contributed by atoms with Gasteiger partial charge in [-0.2, -0.15) is 0 Å². The second-order valence-electron chi connectivity index (χ2n) is 8.31. The van der Waals surface area contributed by atoms with Crippen LogP contribution >= 0.6 is 11.6 Å². The fourth-order valence-corrected chi connectivity index (χ4v) is 4.63. The fourth-order valence-electron chi connectivity index (χ4n) is 4.37. The van der Waals surface area contributed by atoms with Gasteiger partial charge in [-0.25, -0.2) is 9.97 Å². The number of hydrogen-bond acceptors (Lipinski definition) is 5. The quantitative estimate of drug-likeness (QED) is 0.290. The van der Waals surface area contributed by atoms with Gasteiger partial charge in [-0.05, 0) is 43.5 Å². The number of aromatic amines is 2. The summed E-state index contributed by atoms with van der Waals surface area (Å²) in [5, 5.41) is 0.979. The van der Waals surface area contributed by atoms with Gasteiger partial charge >= 0.3 is 0 Å². The number of carbonyl (C=O) groups excluding carboxylic acids is 1. The standard InChI is InChI=1S/C26H21ClN4O3/c27-19-12-16(34-15-6-2-1-3-7-15)9-10-17(19)24(32)18-13-28-26-22(18)23-20(14-29-26)30-25(31-23)21-8-4-5-11-33-21/h1-3,6-7,9-10,12-14,21H,4-5,8,11H2,(H,28,29)(H,30,31). The number of aromatic nitrogens is 4. The molecule has 0 amide bonds. The summed E-state index contributed by atoms with van der Waals surface area (Å²) in [6.07, 6.45) is 6.41. The highest BCUT2D eigenvalue weighted by atomic mass is 35.5. The van der Waals surface area contributed by atoms with Gasteiger partial charge in [0.15, 0.2) is 5.78 Å². The highest BCUT2D eigenvalue weighted by Gasteiger charge is 2.24. The van der Waals surface area contributed by atoms with Gasteiger partial charge in [0.2, 0.25) is 0 Å². The molecule has 1 aliphatic rings. The molecule has 0 aliphatic carbocycles. The molecule has 5 aromatic rings. The molecule has 34 heavy (non-hydrogen) atoms. The predicted octanol–water partition coefficient (Wildman–Crippen LogP) is 6.36. The second kappa shape index (κ2) is 8.59. The maximum Gasteiger partial charge on any atom is 0.196 e. The first-order chi connectivity index (χ1) is 16.7. The van der Waals surface area contributed by atoms with Gasteiger partial charge in [0.1, 0.15) is 34.6 Å². The summed E-state index contributed by atoms with van der Waals surface area (Å²) >= 11 is 6.52. The molecule has 1 fully saturated rings. The topological polar surface area (TPSA) is 92.9 Å². The number of ketones is 1. The van der Waals surface area contributed by atoms with Crippen molar-refractivity contribution >= 4 is 39.5 Å². The van der Waals surface area contributed by atoms with Crippen molar-refractivity contribution in [3.05, 3.63) is 82.9 Å². The minimum absolute atomic E-state index is 0.0686. The van der Waals surface area contributed by atoms with Crippen LogP contribution in [0.15, 0.2) is 60.9 Å². The molecule has 1 aliphatic heterocycles. The Balaban J connectivity index is 1.36. The normalized spacial score (nSPS) is 16.2. The van der Waals surface area contributed by atoms with Crippen LogP contribution in [0.2, 0.25) is 5.02 Å². The van der Waals surface area contributed by atoms with E-state index in [-0.39, 0.29) is 11.9 Å². The molecular formula is C26H21ClN4O3. The van der Waals surface area contributed by atoms with Gasteiger partial charge in [-0.15, -0.1) is 0 Å². The number of para-hydroxylation sites is 1. The van der Waals surface area contributed by atoms with Gasteiger partial charge in [0.05, 0.1) is 27.7 Å². The third-order valence-electron chi connectivity index (χ3n) is 6.06. The van der Waals surface area contributed by atoms with Crippen LogP contribution < -0.4 is 4.74 Å². The largest absolute Gasteiger partial charge is 0.457 e. The molecule has 1 atom stereocenters. The molecule has 170 valence electrons. The molecule has 0 bridgehead atoms. The van der Waals surface area contributed by atoms with Crippen LogP contribution in [-0.4, -0.2) is 32.3 Å². The minimum atomic E-state index is -0.213. The van der Waals surface area contributed by atoms with E-state index < -0.39 is 0 Å². The number of imidazole rings is 1. The average Bonchev–Trinajstić information content (AvgIpc) is 3.49. The number of carbonyl (C=O) groups is 1. The summed E-state index contributed by atoms with van der Waals surface area (Å²) in [4.78, 5) is 29.2. The number of pyridine rings is 1. The van der Waals surface area contributed by atoms with Crippen LogP contribution in [0.4, 0.5) is 0 Å². The van der Waals surface area contributed by atoms with Gasteiger partial charge in [-0.3, -0.25) is 4.79 Å². The number of H-pyrrole nitrogens is 2. The lowest BCUT2D eigenvalue weighted by Gasteiger charge is -2.20. The van der Waals surface area contributed by atoms with E-state index in [0.29, 0.717) is 44.2 Å². The highest BCUT2D eigenvalue weighted by Crippen LogP contribution is 2.33. The number of ether oxygens (including phenoxy) is 2. The van der Waals surface area contributed by atoms with Crippen LogP contribution in [0.3, 0.4) is 0 Å². The molecule has 1 saturated heterocycles. The second-order valence-corrected chi connectivity index (χ2v) is 8.72. The number of rotatable bonds is 5. The monoisotopic (exact) mass is 472 g/mol. The van der Waals surface area contributed by atoms with Crippen LogP contribution in [-0.2, 0) is 4.74 Å². The number of nitrogens with zero attached hydrogens (tertiary/aromatic N) is 2. The zero-order valence-corrected chi connectivity index (χ0v) is 18.9. The molecule has 3 aromatic heterocycles. The first kappa shape index (κ1) is 20.9.